The van der Waals surface area contributed by atoms with Crippen LogP contribution in [0, 0.1) is 5.92 Å². The van der Waals surface area contributed by atoms with E-state index in [1.54, 1.807) is 4.90 Å². The van der Waals surface area contributed by atoms with Crippen LogP contribution in [0.3, 0.4) is 0 Å². The summed E-state index contributed by atoms with van der Waals surface area (Å²) in [7, 11) is 0. The van der Waals surface area contributed by atoms with Gasteiger partial charge in [-0.05, 0) is 13.3 Å². The molecule has 0 aromatic carbocycles. The molecule has 1 aromatic rings. The van der Waals surface area contributed by atoms with E-state index < -0.39 is 0 Å². The van der Waals surface area contributed by atoms with E-state index in [9.17, 15) is 4.79 Å². The van der Waals surface area contributed by atoms with E-state index in [-0.39, 0.29) is 11.6 Å². The van der Waals surface area contributed by atoms with Gasteiger partial charge in [-0.1, -0.05) is 34.5 Å². The van der Waals surface area contributed by atoms with E-state index in [0.29, 0.717) is 34.5 Å². The number of rotatable bonds is 4. The number of hydrogen-bond donors (Lipinski definition) is 0. The molecule has 2 rings (SSSR count). The summed E-state index contributed by atoms with van der Waals surface area (Å²) in [6.07, 6.45) is 0.960. The molecule has 4 nitrogen and oxygen atoms in total. The van der Waals surface area contributed by atoms with Crippen molar-refractivity contribution >= 4 is 40.4 Å². The van der Waals surface area contributed by atoms with Gasteiger partial charge in [-0.3, -0.25) is 4.79 Å². The molecule has 1 fully saturated rings. The molecule has 18 heavy (non-hydrogen) atoms. The Kier molecular flexibility index (Phi) is 4.84. The van der Waals surface area contributed by atoms with Crippen LogP contribution in [0.15, 0.2) is 0 Å². The minimum Gasteiger partial charge on any atom is -0.381 e. The minimum atomic E-state index is -0.137. The highest BCUT2D eigenvalue weighted by Gasteiger charge is 2.29. The van der Waals surface area contributed by atoms with Crippen LogP contribution in [0.2, 0.25) is 8.80 Å². The Bertz CT molecular complexity index is 439. The van der Waals surface area contributed by atoms with Gasteiger partial charge in [-0.2, -0.15) is 0 Å². The number of amides is 1. The summed E-state index contributed by atoms with van der Waals surface area (Å²) in [5, 5.41) is 0. The van der Waals surface area contributed by atoms with Gasteiger partial charge in [0.2, 0.25) is 0 Å². The second-order valence-corrected chi connectivity index (χ2v) is 6.34. The molecule has 1 amide bonds. The van der Waals surface area contributed by atoms with E-state index in [1.165, 1.54) is 0 Å². The summed E-state index contributed by atoms with van der Waals surface area (Å²) in [5.74, 6) is 0.268. The molecule has 7 heteroatoms. The minimum absolute atomic E-state index is 0.137. The number of aromatic nitrogens is 1. The van der Waals surface area contributed by atoms with Gasteiger partial charge in [0.15, 0.2) is 10.2 Å². The van der Waals surface area contributed by atoms with E-state index in [1.807, 2.05) is 6.92 Å². The first kappa shape index (κ1) is 14.1. The van der Waals surface area contributed by atoms with Crippen molar-refractivity contribution in [3.8, 4) is 0 Å². The Morgan fingerprint density at radius 1 is 1.61 bits per heavy atom. The summed E-state index contributed by atoms with van der Waals surface area (Å²) in [6, 6.07) is 0. The number of thiazole rings is 1. The number of nitrogens with zero attached hydrogens (tertiary/aromatic N) is 2. The van der Waals surface area contributed by atoms with Crippen LogP contribution in [0.25, 0.3) is 0 Å². The quantitative estimate of drug-likeness (QED) is 0.859. The molecule has 1 aliphatic heterocycles. The maximum atomic E-state index is 12.2. The van der Waals surface area contributed by atoms with Gasteiger partial charge in [0, 0.05) is 25.6 Å². The molecule has 0 unspecified atom stereocenters. The Morgan fingerprint density at radius 3 is 3.00 bits per heavy atom. The average molecular weight is 309 g/mol. The van der Waals surface area contributed by atoms with Crippen LogP contribution >= 0.6 is 34.5 Å². The maximum Gasteiger partial charge on any atom is 0.274 e. The lowest BCUT2D eigenvalue weighted by Gasteiger charge is -2.15. The smallest absolute Gasteiger partial charge is 0.274 e. The predicted molar refractivity (Wildman–Crippen MR) is 72.6 cm³/mol. The standard InChI is InChI=1S/C11H14Cl2N2O2S/c1-2-17-6-7-3-4-15(5-7)10(16)8-9(12)18-11(13)14-8/h7H,2-6H2,1H3/t7-/m0/s1. The molecular weight excluding hydrogens is 295 g/mol. The van der Waals surface area contributed by atoms with Gasteiger partial charge >= 0.3 is 0 Å². The van der Waals surface area contributed by atoms with Crippen molar-refractivity contribution in [3.05, 3.63) is 14.5 Å². The summed E-state index contributed by atoms with van der Waals surface area (Å²) in [6.45, 7) is 4.80. The first-order chi connectivity index (χ1) is 8.61. The number of carbonyl (C=O) groups excluding carboxylic acids is 1. The monoisotopic (exact) mass is 308 g/mol. The SMILES string of the molecule is CCOC[C@H]1CCN(C(=O)c2nc(Cl)sc2Cl)C1. The lowest BCUT2D eigenvalue weighted by molar-refractivity contribution is 0.0758. The number of likely N-dealkylation sites (tertiary alicyclic amines) is 1. The Hall–Kier alpha value is -0.360. The molecule has 1 aliphatic rings. The molecule has 1 saturated heterocycles. The first-order valence-electron chi connectivity index (χ1n) is 5.80. The van der Waals surface area contributed by atoms with Gasteiger partial charge in [-0.25, -0.2) is 4.98 Å². The zero-order valence-corrected chi connectivity index (χ0v) is 12.3. The van der Waals surface area contributed by atoms with Crippen LogP contribution in [0.4, 0.5) is 0 Å². The highest BCUT2D eigenvalue weighted by Crippen LogP contribution is 2.29. The van der Waals surface area contributed by atoms with E-state index in [4.69, 9.17) is 27.9 Å². The molecule has 0 aliphatic carbocycles. The highest BCUT2D eigenvalue weighted by atomic mass is 35.5. The van der Waals surface area contributed by atoms with Gasteiger partial charge in [0.05, 0.1) is 6.61 Å². The fourth-order valence-electron chi connectivity index (χ4n) is 2.00. The van der Waals surface area contributed by atoms with Crippen molar-refractivity contribution in [1.29, 1.82) is 0 Å². The van der Waals surface area contributed by atoms with E-state index in [2.05, 4.69) is 4.98 Å². The number of ether oxygens (including phenoxy) is 1. The van der Waals surface area contributed by atoms with Gasteiger partial charge < -0.3 is 9.64 Å². The Morgan fingerprint density at radius 2 is 2.39 bits per heavy atom. The predicted octanol–water partition coefficient (Wildman–Crippen LogP) is 2.95. The normalized spacial score (nSPS) is 19.5. The van der Waals surface area contributed by atoms with Crippen molar-refractivity contribution < 1.29 is 9.53 Å². The molecule has 0 N–H and O–H groups in total. The van der Waals surface area contributed by atoms with Crippen LogP contribution in [-0.2, 0) is 4.74 Å². The van der Waals surface area contributed by atoms with Gasteiger partial charge in [-0.15, -0.1) is 0 Å². The largest absolute Gasteiger partial charge is 0.381 e. The van der Waals surface area contributed by atoms with Crippen LogP contribution in [0.5, 0.6) is 0 Å². The Labute approximate surface area is 120 Å². The number of carbonyl (C=O) groups is 1. The zero-order chi connectivity index (χ0) is 13.1. The maximum absolute atomic E-state index is 12.2. The Balaban J connectivity index is 1.97. The van der Waals surface area contributed by atoms with E-state index >= 15 is 0 Å². The van der Waals surface area contributed by atoms with Crippen molar-refractivity contribution in [1.82, 2.24) is 9.88 Å². The topological polar surface area (TPSA) is 42.4 Å². The molecule has 0 saturated carbocycles. The molecular formula is C11H14Cl2N2O2S. The van der Waals surface area contributed by atoms with Crippen molar-refractivity contribution in [3.63, 3.8) is 0 Å². The second-order valence-electron chi connectivity index (χ2n) is 4.15. The zero-order valence-electron chi connectivity index (χ0n) is 9.99. The van der Waals surface area contributed by atoms with Gasteiger partial charge in [0.1, 0.15) is 4.34 Å². The molecule has 0 spiro atoms. The lowest BCUT2D eigenvalue weighted by atomic mass is 10.1. The summed E-state index contributed by atoms with van der Waals surface area (Å²) in [4.78, 5) is 17.9. The lowest BCUT2D eigenvalue weighted by Crippen LogP contribution is -2.29. The summed E-state index contributed by atoms with van der Waals surface area (Å²) < 4.78 is 6.04. The molecule has 0 radical (unpaired) electrons. The average Bonchev–Trinajstić information content (AvgIpc) is 2.92. The molecule has 100 valence electrons. The second kappa shape index (κ2) is 6.19. The molecule has 0 bridgehead atoms. The fraction of sp³-hybridized carbons (Fsp3) is 0.636. The van der Waals surface area contributed by atoms with Crippen LogP contribution in [0.1, 0.15) is 23.8 Å². The van der Waals surface area contributed by atoms with Crippen LogP contribution < -0.4 is 0 Å². The van der Waals surface area contributed by atoms with Crippen molar-refractivity contribution in [2.75, 3.05) is 26.3 Å². The summed E-state index contributed by atoms with van der Waals surface area (Å²) in [5.41, 5.74) is 0.267. The molecule has 1 aromatic heterocycles. The number of halogens is 2. The third-order valence-electron chi connectivity index (χ3n) is 2.89. The van der Waals surface area contributed by atoms with Crippen molar-refractivity contribution in [2.24, 2.45) is 5.92 Å². The third kappa shape index (κ3) is 3.15. The van der Waals surface area contributed by atoms with Gasteiger partial charge in [0.25, 0.3) is 5.91 Å². The fourth-order valence-corrected chi connectivity index (χ4v) is 3.29. The van der Waals surface area contributed by atoms with Crippen molar-refractivity contribution in [2.45, 2.75) is 13.3 Å². The number of hydrogen-bond acceptors (Lipinski definition) is 4. The molecule has 1 atom stereocenters. The van der Waals surface area contributed by atoms with Crippen LogP contribution in [-0.4, -0.2) is 42.1 Å². The molecule has 2 heterocycles. The first-order valence-corrected chi connectivity index (χ1v) is 7.38. The van der Waals surface area contributed by atoms with E-state index in [0.717, 1.165) is 24.3 Å². The third-order valence-corrected chi connectivity index (χ3v) is 4.25. The highest BCUT2D eigenvalue weighted by molar-refractivity contribution is 7.19. The summed E-state index contributed by atoms with van der Waals surface area (Å²) >= 11 is 12.8.